The summed E-state index contributed by atoms with van der Waals surface area (Å²) in [4.78, 5) is 10.7. The molecule has 0 spiro atoms. The number of hydrogen-bond donors (Lipinski definition) is 2. The van der Waals surface area contributed by atoms with E-state index in [-0.39, 0.29) is 5.56 Å². The van der Waals surface area contributed by atoms with Gasteiger partial charge in [-0.25, -0.2) is 13.6 Å². The monoisotopic (exact) mass is 224 g/mol. The normalized spacial score (nSPS) is 10.4. The molecular formula is C10H6F2N2O2. The molecule has 2 rings (SSSR count). The van der Waals surface area contributed by atoms with E-state index in [2.05, 4.69) is 10.2 Å². The van der Waals surface area contributed by atoms with Crippen LogP contribution in [-0.2, 0) is 0 Å². The minimum atomic E-state index is -1.51. The van der Waals surface area contributed by atoms with E-state index in [1.807, 2.05) is 0 Å². The number of nitrogens with zero attached hydrogens (tertiary/aromatic N) is 1. The fourth-order valence-electron chi connectivity index (χ4n) is 1.35. The maximum Gasteiger partial charge on any atom is 0.338 e. The lowest BCUT2D eigenvalue weighted by molar-refractivity contribution is 0.0691. The summed E-state index contributed by atoms with van der Waals surface area (Å²) in [6.45, 7) is 0. The topological polar surface area (TPSA) is 66.0 Å². The number of nitrogens with one attached hydrogen (secondary N) is 1. The van der Waals surface area contributed by atoms with Crippen molar-refractivity contribution in [3.05, 3.63) is 41.7 Å². The van der Waals surface area contributed by atoms with Gasteiger partial charge in [-0.2, -0.15) is 5.10 Å². The summed E-state index contributed by atoms with van der Waals surface area (Å²) < 4.78 is 26.8. The molecule has 1 heterocycles. The van der Waals surface area contributed by atoms with Crippen LogP contribution in [0.5, 0.6) is 0 Å². The molecule has 0 unspecified atom stereocenters. The van der Waals surface area contributed by atoms with Crippen LogP contribution in [0.25, 0.3) is 11.1 Å². The van der Waals surface area contributed by atoms with Gasteiger partial charge in [0.1, 0.15) is 11.6 Å². The molecule has 0 saturated heterocycles. The second kappa shape index (κ2) is 3.73. The first-order valence-electron chi connectivity index (χ1n) is 4.31. The number of carboxylic acids is 1. The Morgan fingerprint density at radius 1 is 1.38 bits per heavy atom. The van der Waals surface area contributed by atoms with Crippen molar-refractivity contribution in [1.82, 2.24) is 10.2 Å². The molecule has 0 aliphatic carbocycles. The van der Waals surface area contributed by atoms with Gasteiger partial charge in [-0.15, -0.1) is 0 Å². The van der Waals surface area contributed by atoms with Crippen molar-refractivity contribution < 1.29 is 18.7 Å². The van der Waals surface area contributed by atoms with E-state index in [4.69, 9.17) is 5.11 Å². The van der Waals surface area contributed by atoms with Crippen LogP contribution >= 0.6 is 0 Å². The third kappa shape index (κ3) is 1.65. The molecule has 0 aliphatic heterocycles. The zero-order valence-corrected chi connectivity index (χ0v) is 7.87. The first-order chi connectivity index (χ1) is 7.59. The van der Waals surface area contributed by atoms with E-state index in [9.17, 15) is 13.6 Å². The molecule has 0 aliphatic rings. The average molecular weight is 224 g/mol. The molecule has 0 bridgehead atoms. The third-order valence-corrected chi connectivity index (χ3v) is 2.08. The molecule has 1 aromatic carbocycles. The Morgan fingerprint density at radius 2 is 2.12 bits per heavy atom. The molecular weight excluding hydrogens is 218 g/mol. The molecule has 0 radical (unpaired) electrons. The summed E-state index contributed by atoms with van der Waals surface area (Å²) in [7, 11) is 0. The van der Waals surface area contributed by atoms with Gasteiger partial charge in [0.05, 0.1) is 11.8 Å². The Balaban J connectivity index is 2.67. The Hall–Kier alpha value is -2.24. The summed E-state index contributed by atoms with van der Waals surface area (Å²) >= 11 is 0. The molecule has 0 amide bonds. The van der Waals surface area contributed by atoms with Crippen molar-refractivity contribution in [3.63, 3.8) is 0 Å². The molecule has 0 saturated carbocycles. The van der Waals surface area contributed by atoms with Crippen LogP contribution in [0.2, 0.25) is 0 Å². The maximum absolute atomic E-state index is 13.7. The Labute approximate surface area is 88.5 Å². The van der Waals surface area contributed by atoms with E-state index in [1.54, 1.807) is 0 Å². The summed E-state index contributed by atoms with van der Waals surface area (Å²) in [6, 6.07) is 1.56. The lowest BCUT2D eigenvalue weighted by Crippen LogP contribution is -2.03. The van der Waals surface area contributed by atoms with Gasteiger partial charge in [-0.05, 0) is 12.1 Å². The molecule has 0 fully saturated rings. The Morgan fingerprint density at radius 3 is 2.69 bits per heavy atom. The smallest absolute Gasteiger partial charge is 0.338 e. The first-order valence-corrected chi connectivity index (χ1v) is 4.31. The fourth-order valence-corrected chi connectivity index (χ4v) is 1.35. The van der Waals surface area contributed by atoms with Crippen molar-refractivity contribution in [2.24, 2.45) is 0 Å². The highest BCUT2D eigenvalue weighted by atomic mass is 19.1. The minimum absolute atomic E-state index is 0.133. The summed E-state index contributed by atoms with van der Waals surface area (Å²) in [6.07, 6.45) is 2.63. The molecule has 1 aromatic heterocycles. The lowest BCUT2D eigenvalue weighted by Gasteiger charge is -2.03. The first kappa shape index (κ1) is 10.3. The summed E-state index contributed by atoms with van der Waals surface area (Å²) in [5.41, 5.74) is -0.540. The number of carbonyl (C=O) groups is 1. The number of aromatic amines is 1. The number of benzene rings is 1. The maximum atomic E-state index is 13.7. The van der Waals surface area contributed by atoms with Gasteiger partial charge in [-0.1, -0.05) is 0 Å². The van der Waals surface area contributed by atoms with Crippen molar-refractivity contribution in [2.45, 2.75) is 0 Å². The molecule has 16 heavy (non-hydrogen) atoms. The van der Waals surface area contributed by atoms with Gasteiger partial charge in [0.15, 0.2) is 0 Å². The van der Waals surface area contributed by atoms with Crippen molar-refractivity contribution >= 4 is 5.97 Å². The van der Waals surface area contributed by atoms with Crippen molar-refractivity contribution in [3.8, 4) is 11.1 Å². The van der Waals surface area contributed by atoms with Gasteiger partial charge in [0.25, 0.3) is 0 Å². The number of rotatable bonds is 2. The molecule has 2 N–H and O–H groups in total. The molecule has 6 heteroatoms. The quantitative estimate of drug-likeness (QED) is 0.820. The van der Waals surface area contributed by atoms with E-state index >= 15 is 0 Å². The van der Waals surface area contributed by atoms with Crippen LogP contribution in [0, 0.1) is 11.6 Å². The van der Waals surface area contributed by atoms with Crippen LogP contribution in [0.1, 0.15) is 10.4 Å². The molecule has 2 aromatic rings. The highest BCUT2D eigenvalue weighted by Gasteiger charge is 2.17. The second-order valence-corrected chi connectivity index (χ2v) is 3.11. The average Bonchev–Trinajstić information content (AvgIpc) is 2.73. The van der Waals surface area contributed by atoms with Crippen LogP contribution in [-0.4, -0.2) is 21.3 Å². The van der Waals surface area contributed by atoms with E-state index in [0.717, 1.165) is 6.07 Å². The van der Waals surface area contributed by atoms with Crippen LogP contribution in [0.4, 0.5) is 8.78 Å². The number of halogens is 2. The van der Waals surface area contributed by atoms with Gasteiger partial charge in [0, 0.05) is 17.3 Å². The Kier molecular flexibility index (Phi) is 2.40. The zero-order chi connectivity index (χ0) is 11.7. The van der Waals surface area contributed by atoms with Crippen LogP contribution < -0.4 is 0 Å². The SMILES string of the molecule is O=C(O)c1cc(F)cc(-c2cn[nH]c2)c1F. The standard InChI is InChI=1S/C10H6F2N2O2/c11-6-1-7(5-3-13-14-4-5)9(12)8(2-6)10(15)16/h1-4H,(H,13,14)(H,15,16). The predicted octanol–water partition coefficient (Wildman–Crippen LogP) is 2.05. The van der Waals surface area contributed by atoms with Crippen LogP contribution in [0.15, 0.2) is 24.5 Å². The van der Waals surface area contributed by atoms with Gasteiger partial charge >= 0.3 is 5.97 Å². The lowest BCUT2D eigenvalue weighted by atomic mass is 10.0. The number of hydrogen-bond acceptors (Lipinski definition) is 2. The van der Waals surface area contributed by atoms with Crippen molar-refractivity contribution in [1.29, 1.82) is 0 Å². The van der Waals surface area contributed by atoms with Gasteiger partial charge in [-0.3, -0.25) is 5.10 Å². The number of aromatic carboxylic acids is 1. The summed E-state index contributed by atoms with van der Waals surface area (Å²) in [5, 5.41) is 14.7. The molecule has 4 nitrogen and oxygen atoms in total. The Bertz CT molecular complexity index is 538. The predicted molar refractivity (Wildman–Crippen MR) is 50.9 cm³/mol. The molecule has 0 atom stereocenters. The highest BCUT2D eigenvalue weighted by molar-refractivity contribution is 5.90. The summed E-state index contributed by atoms with van der Waals surface area (Å²) in [5.74, 6) is -3.30. The highest BCUT2D eigenvalue weighted by Crippen LogP contribution is 2.25. The van der Waals surface area contributed by atoms with E-state index < -0.39 is 23.2 Å². The second-order valence-electron chi connectivity index (χ2n) is 3.11. The third-order valence-electron chi connectivity index (χ3n) is 2.08. The molecule has 82 valence electrons. The number of H-pyrrole nitrogens is 1. The van der Waals surface area contributed by atoms with E-state index in [0.29, 0.717) is 11.6 Å². The van der Waals surface area contributed by atoms with Gasteiger partial charge in [0.2, 0.25) is 0 Å². The van der Waals surface area contributed by atoms with Crippen molar-refractivity contribution in [2.75, 3.05) is 0 Å². The van der Waals surface area contributed by atoms with Crippen LogP contribution in [0.3, 0.4) is 0 Å². The number of carboxylic acid groups (broad SMARTS) is 1. The van der Waals surface area contributed by atoms with E-state index in [1.165, 1.54) is 12.4 Å². The zero-order valence-electron chi connectivity index (χ0n) is 7.87. The fraction of sp³-hybridized carbons (Fsp3) is 0. The largest absolute Gasteiger partial charge is 0.478 e. The van der Waals surface area contributed by atoms with Gasteiger partial charge < -0.3 is 5.11 Å². The number of aromatic nitrogens is 2. The minimum Gasteiger partial charge on any atom is -0.478 e.